The SMILES string of the molecule is CCC(CC)C(Br)c1ccc(F)c2ccccc12. The summed E-state index contributed by atoms with van der Waals surface area (Å²) in [5, 5.41) is 1.73. The Bertz CT molecular complexity index is 532. The van der Waals surface area contributed by atoms with Crippen LogP contribution in [0.4, 0.5) is 4.39 Å². The number of hydrogen-bond donors (Lipinski definition) is 0. The minimum Gasteiger partial charge on any atom is -0.206 e. The molecule has 1 unspecified atom stereocenters. The molecule has 18 heavy (non-hydrogen) atoms. The van der Waals surface area contributed by atoms with Gasteiger partial charge in [-0.15, -0.1) is 0 Å². The minimum absolute atomic E-state index is 0.140. The lowest BCUT2D eigenvalue weighted by atomic mass is 9.91. The van der Waals surface area contributed by atoms with E-state index in [1.165, 1.54) is 5.56 Å². The molecule has 0 N–H and O–H groups in total. The minimum atomic E-state index is -0.140. The van der Waals surface area contributed by atoms with Crippen LogP contribution in [0.2, 0.25) is 0 Å². The highest BCUT2D eigenvalue weighted by molar-refractivity contribution is 9.09. The van der Waals surface area contributed by atoms with E-state index < -0.39 is 0 Å². The fourth-order valence-electron chi connectivity index (χ4n) is 2.48. The van der Waals surface area contributed by atoms with E-state index >= 15 is 0 Å². The van der Waals surface area contributed by atoms with E-state index in [-0.39, 0.29) is 10.6 Å². The molecule has 0 heterocycles. The van der Waals surface area contributed by atoms with Gasteiger partial charge in [0.15, 0.2) is 0 Å². The summed E-state index contributed by atoms with van der Waals surface area (Å²) in [6, 6.07) is 11.2. The zero-order chi connectivity index (χ0) is 13.1. The summed E-state index contributed by atoms with van der Waals surface area (Å²) < 4.78 is 13.8. The Labute approximate surface area is 116 Å². The van der Waals surface area contributed by atoms with Crippen molar-refractivity contribution in [1.29, 1.82) is 0 Å². The second-order valence-corrected chi connectivity index (χ2v) is 5.65. The van der Waals surface area contributed by atoms with Gasteiger partial charge in [0, 0.05) is 10.2 Å². The first-order valence-corrected chi connectivity index (χ1v) is 7.41. The molecule has 1 atom stereocenters. The van der Waals surface area contributed by atoms with Crippen molar-refractivity contribution in [2.75, 3.05) is 0 Å². The summed E-state index contributed by atoms with van der Waals surface area (Å²) >= 11 is 3.80. The Kier molecular flexibility index (Phi) is 4.39. The van der Waals surface area contributed by atoms with Crippen LogP contribution in [0, 0.1) is 11.7 Å². The summed E-state index contributed by atoms with van der Waals surface area (Å²) in [5.41, 5.74) is 1.20. The highest BCUT2D eigenvalue weighted by atomic mass is 79.9. The van der Waals surface area contributed by atoms with Crippen LogP contribution < -0.4 is 0 Å². The zero-order valence-electron chi connectivity index (χ0n) is 10.8. The average molecular weight is 309 g/mol. The molecule has 0 saturated carbocycles. The van der Waals surface area contributed by atoms with Crippen LogP contribution in [-0.2, 0) is 0 Å². The van der Waals surface area contributed by atoms with Gasteiger partial charge in [0.2, 0.25) is 0 Å². The largest absolute Gasteiger partial charge is 0.206 e. The zero-order valence-corrected chi connectivity index (χ0v) is 12.4. The quantitative estimate of drug-likeness (QED) is 0.621. The van der Waals surface area contributed by atoms with Crippen LogP contribution in [0.15, 0.2) is 36.4 Å². The number of fused-ring (bicyclic) bond motifs is 1. The number of benzene rings is 2. The Hall–Kier alpha value is -0.890. The van der Waals surface area contributed by atoms with E-state index in [0.717, 1.165) is 18.2 Å². The van der Waals surface area contributed by atoms with Crippen molar-refractivity contribution in [3.05, 3.63) is 47.8 Å². The Balaban J connectivity index is 2.54. The van der Waals surface area contributed by atoms with Gasteiger partial charge in [0.25, 0.3) is 0 Å². The van der Waals surface area contributed by atoms with Gasteiger partial charge in [-0.05, 0) is 22.9 Å². The molecule has 2 rings (SSSR count). The molecule has 0 aromatic heterocycles. The van der Waals surface area contributed by atoms with E-state index in [4.69, 9.17) is 0 Å². The van der Waals surface area contributed by atoms with Gasteiger partial charge < -0.3 is 0 Å². The van der Waals surface area contributed by atoms with E-state index in [2.05, 4.69) is 29.8 Å². The second-order valence-electron chi connectivity index (χ2n) is 4.66. The van der Waals surface area contributed by atoms with Crippen molar-refractivity contribution in [1.82, 2.24) is 0 Å². The van der Waals surface area contributed by atoms with Crippen LogP contribution in [0.3, 0.4) is 0 Å². The van der Waals surface area contributed by atoms with E-state index in [9.17, 15) is 4.39 Å². The van der Waals surface area contributed by atoms with Crippen molar-refractivity contribution in [3.8, 4) is 0 Å². The number of rotatable bonds is 4. The molecular weight excluding hydrogens is 291 g/mol. The number of alkyl halides is 1. The highest BCUT2D eigenvalue weighted by Gasteiger charge is 2.19. The summed E-state index contributed by atoms with van der Waals surface area (Å²) in [4.78, 5) is 0.290. The van der Waals surface area contributed by atoms with Crippen LogP contribution in [0.5, 0.6) is 0 Å². The summed E-state index contributed by atoms with van der Waals surface area (Å²) in [6.45, 7) is 4.41. The Morgan fingerprint density at radius 3 is 2.22 bits per heavy atom. The maximum Gasteiger partial charge on any atom is 0.131 e. The van der Waals surface area contributed by atoms with E-state index in [1.807, 2.05) is 30.3 Å². The van der Waals surface area contributed by atoms with Crippen LogP contribution in [-0.4, -0.2) is 0 Å². The molecule has 0 aliphatic carbocycles. The van der Waals surface area contributed by atoms with Crippen molar-refractivity contribution in [3.63, 3.8) is 0 Å². The molecule has 2 heteroatoms. The van der Waals surface area contributed by atoms with Gasteiger partial charge in [-0.25, -0.2) is 4.39 Å². The smallest absolute Gasteiger partial charge is 0.131 e. The normalized spacial score (nSPS) is 13.2. The van der Waals surface area contributed by atoms with Gasteiger partial charge in [-0.3, -0.25) is 0 Å². The third-order valence-corrected chi connectivity index (χ3v) is 4.91. The number of halogens is 2. The summed E-state index contributed by atoms with van der Waals surface area (Å²) in [5.74, 6) is 0.442. The topological polar surface area (TPSA) is 0 Å². The first-order valence-electron chi connectivity index (χ1n) is 6.50. The van der Waals surface area contributed by atoms with Crippen LogP contribution in [0.1, 0.15) is 37.1 Å². The maximum absolute atomic E-state index is 13.8. The monoisotopic (exact) mass is 308 g/mol. The first-order chi connectivity index (χ1) is 8.69. The molecule has 0 amide bonds. The fourth-order valence-corrected chi connectivity index (χ4v) is 3.63. The third kappa shape index (κ3) is 2.44. The van der Waals surface area contributed by atoms with E-state index in [1.54, 1.807) is 6.07 Å². The standard InChI is InChI=1S/C16H18BrF/c1-3-11(4-2)16(17)14-9-10-15(18)13-8-6-5-7-12(13)14/h5-11,16H,3-4H2,1-2H3. The molecular formula is C16H18BrF. The van der Waals surface area contributed by atoms with Crippen molar-refractivity contribution < 1.29 is 4.39 Å². The van der Waals surface area contributed by atoms with Gasteiger partial charge in [-0.2, -0.15) is 0 Å². The molecule has 0 aliphatic rings. The van der Waals surface area contributed by atoms with Gasteiger partial charge in [0.05, 0.1) is 0 Å². The first kappa shape index (κ1) is 13.5. The molecule has 2 aromatic carbocycles. The van der Waals surface area contributed by atoms with Crippen LogP contribution >= 0.6 is 15.9 Å². The predicted octanol–water partition coefficient (Wildman–Crippen LogP) is 5.85. The lowest BCUT2D eigenvalue weighted by molar-refractivity contribution is 0.488. The van der Waals surface area contributed by atoms with Gasteiger partial charge in [0.1, 0.15) is 5.82 Å². The molecule has 0 radical (unpaired) electrons. The molecule has 0 spiro atoms. The van der Waals surface area contributed by atoms with Crippen LogP contribution in [0.25, 0.3) is 10.8 Å². The lowest BCUT2D eigenvalue weighted by Crippen LogP contribution is -2.06. The summed E-state index contributed by atoms with van der Waals surface area (Å²) in [6.07, 6.45) is 2.25. The third-order valence-electron chi connectivity index (χ3n) is 3.66. The molecule has 2 aromatic rings. The average Bonchev–Trinajstić information content (AvgIpc) is 2.41. The van der Waals surface area contributed by atoms with Crippen molar-refractivity contribution >= 4 is 26.7 Å². The lowest BCUT2D eigenvalue weighted by Gasteiger charge is -2.21. The van der Waals surface area contributed by atoms with Crippen molar-refractivity contribution in [2.24, 2.45) is 5.92 Å². The predicted molar refractivity (Wildman–Crippen MR) is 79.6 cm³/mol. The molecule has 0 bridgehead atoms. The Morgan fingerprint density at radius 2 is 1.61 bits per heavy atom. The second kappa shape index (κ2) is 5.83. The molecule has 0 nitrogen and oxygen atoms in total. The fraction of sp³-hybridized carbons (Fsp3) is 0.375. The van der Waals surface area contributed by atoms with Crippen molar-refractivity contribution in [2.45, 2.75) is 31.5 Å². The molecule has 0 saturated heterocycles. The molecule has 96 valence electrons. The Morgan fingerprint density at radius 1 is 1.00 bits per heavy atom. The van der Waals surface area contributed by atoms with Gasteiger partial charge >= 0.3 is 0 Å². The van der Waals surface area contributed by atoms with E-state index in [0.29, 0.717) is 11.3 Å². The number of hydrogen-bond acceptors (Lipinski definition) is 0. The molecule has 0 aliphatic heterocycles. The summed E-state index contributed by atoms with van der Waals surface area (Å²) in [7, 11) is 0. The van der Waals surface area contributed by atoms with Gasteiger partial charge in [-0.1, -0.05) is 73.0 Å². The highest BCUT2D eigenvalue weighted by Crippen LogP contribution is 2.39. The maximum atomic E-state index is 13.8. The molecule has 0 fully saturated rings.